The second-order valence-corrected chi connectivity index (χ2v) is 5.07. The van der Waals surface area contributed by atoms with E-state index in [2.05, 4.69) is 11.8 Å². The Labute approximate surface area is 121 Å². The molecule has 0 atom stereocenters. The average Bonchev–Trinajstić information content (AvgIpc) is 2.45. The van der Waals surface area contributed by atoms with Gasteiger partial charge in [0.1, 0.15) is 0 Å². The van der Waals surface area contributed by atoms with Gasteiger partial charge in [0.2, 0.25) is 0 Å². The Hall–Kier alpha value is -1.25. The number of benzene rings is 1. The minimum atomic E-state index is -4.50. The molecule has 0 bridgehead atoms. The van der Waals surface area contributed by atoms with Crippen LogP contribution >= 0.6 is 0 Å². The number of likely N-dealkylation sites (N-methyl/N-ethyl adjacent to an activating group) is 1. The fourth-order valence-corrected chi connectivity index (χ4v) is 2.53. The van der Waals surface area contributed by atoms with E-state index in [1.807, 2.05) is 4.90 Å². The van der Waals surface area contributed by atoms with Gasteiger partial charge in [-0.05, 0) is 24.7 Å². The van der Waals surface area contributed by atoms with Crippen LogP contribution in [0.4, 0.5) is 18.9 Å². The molecule has 0 saturated carbocycles. The molecule has 8 heteroatoms. The number of halogens is 3. The van der Waals surface area contributed by atoms with Crippen LogP contribution in [-0.4, -0.2) is 54.8 Å². The summed E-state index contributed by atoms with van der Waals surface area (Å²) in [4.78, 5) is 4.12. The van der Waals surface area contributed by atoms with Gasteiger partial charge in [-0.25, -0.2) is 0 Å². The highest BCUT2D eigenvalue weighted by Crippen LogP contribution is 2.30. The van der Waals surface area contributed by atoms with E-state index in [0.717, 1.165) is 31.8 Å². The molecule has 0 aliphatic carbocycles. The largest absolute Gasteiger partial charge is 0.490 e. The third-order valence-electron chi connectivity index (χ3n) is 3.79. The Bertz CT molecular complexity index is 489. The van der Waals surface area contributed by atoms with Gasteiger partial charge in [-0.15, -0.1) is 0 Å². The minimum Gasteiger partial charge on any atom is -0.423 e. The number of alkyl halides is 3. The highest BCUT2D eigenvalue weighted by molar-refractivity contribution is 6.60. The fraction of sp³-hybridized carbons (Fsp3) is 0.538. The van der Waals surface area contributed by atoms with Crippen molar-refractivity contribution in [1.29, 1.82) is 0 Å². The van der Waals surface area contributed by atoms with Crippen molar-refractivity contribution in [2.45, 2.75) is 13.1 Å². The van der Waals surface area contributed by atoms with Crippen molar-refractivity contribution >= 4 is 18.3 Å². The molecular formula is C13H18BF3N2O2. The maximum atomic E-state index is 12.7. The highest BCUT2D eigenvalue weighted by atomic mass is 19.4. The number of hydrogen-bond donors (Lipinski definition) is 2. The molecule has 1 saturated heterocycles. The molecule has 1 aromatic carbocycles. The standard InChI is InChI=1S/C13H18BF3N2O2/c1-2-18-5-7-19(8-6-18)12-4-3-10(13(15,16)17)9-11(12)14(20)21/h3-4,9,20-21H,2,5-8H2,1H3. The summed E-state index contributed by atoms with van der Waals surface area (Å²) < 4.78 is 38.2. The van der Waals surface area contributed by atoms with Crippen LogP contribution in [0.3, 0.4) is 0 Å². The monoisotopic (exact) mass is 302 g/mol. The normalized spacial score (nSPS) is 17.1. The predicted molar refractivity (Wildman–Crippen MR) is 75.6 cm³/mol. The summed E-state index contributed by atoms with van der Waals surface area (Å²) in [5.74, 6) is 0. The van der Waals surface area contributed by atoms with Crippen molar-refractivity contribution in [1.82, 2.24) is 4.90 Å². The van der Waals surface area contributed by atoms with Gasteiger partial charge in [0.05, 0.1) is 5.56 Å². The van der Waals surface area contributed by atoms with Crippen LogP contribution in [0.1, 0.15) is 12.5 Å². The van der Waals surface area contributed by atoms with Crippen LogP contribution in [0.2, 0.25) is 0 Å². The van der Waals surface area contributed by atoms with Gasteiger partial charge in [-0.3, -0.25) is 0 Å². The van der Waals surface area contributed by atoms with Crippen molar-refractivity contribution in [2.24, 2.45) is 0 Å². The van der Waals surface area contributed by atoms with E-state index in [4.69, 9.17) is 0 Å². The molecule has 0 unspecified atom stereocenters. The van der Waals surface area contributed by atoms with E-state index in [-0.39, 0.29) is 5.46 Å². The van der Waals surface area contributed by atoms with Crippen LogP contribution < -0.4 is 10.4 Å². The lowest BCUT2D eigenvalue weighted by atomic mass is 9.77. The maximum absolute atomic E-state index is 12.7. The van der Waals surface area contributed by atoms with E-state index in [0.29, 0.717) is 18.8 Å². The van der Waals surface area contributed by atoms with Crippen molar-refractivity contribution in [3.63, 3.8) is 0 Å². The molecule has 1 aliphatic heterocycles. The molecule has 0 radical (unpaired) electrons. The first-order chi connectivity index (χ1) is 9.82. The molecule has 2 N–H and O–H groups in total. The van der Waals surface area contributed by atoms with Crippen molar-refractivity contribution in [3.8, 4) is 0 Å². The molecule has 1 fully saturated rings. The molecule has 0 amide bonds. The Morgan fingerprint density at radius 3 is 2.24 bits per heavy atom. The van der Waals surface area contributed by atoms with E-state index in [1.54, 1.807) is 0 Å². The predicted octanol–water partition coefficient (Wildman–Crippen LogP) is 0.527. The number of nitrogens with zero attached hydrogens (tertiary/aromatic N) is 2. The van der Waals surface area contributed by atoms with Gasteiger partial charge >= 0.3 is 13.3 Å². The van der Waals surface area contributed by atoms with E-state index in [9.17, 15) is 23.2 Å². The zero-order valence-electron chi connectivity index (χ0n) is 11.8. The smallest absolute Gasteiger partial charge is 0.423 e. The van der Waals surface area contributed by atoms with Crippen molar-refractivity contribution in [3.05, 3.63) is 23.8 Å². The van der Waals surface area contributed by atoms with Crippen LogP contribution in [0.15, 0.2) is 18.2 Å². The number of rotatable bonds is 3. The molecular weight excluding hydrogens is 284 g/mol. The summed E-state index contributed by atoms with van der Waals surface area (Å²) in [7, 11) is -1.92. The highest BCUT2D eigenvalue weighted by Gasteiger charge is 2.33. The summed E-state index contributed by atoms with van der Waals surface area (Å²) in [6.45, 7) is 5.89. The van der Waals surface area contributed by atoms with Crippen LogP contribution in [0.25, 0.3) is 0 Å². The molecule has 0 aromatic heterocycles. The third kappa shape index (κ3) is 3.69. The maximum Gasteiger partial charge on any atom is 0.490 e. The molecule has 1 aromatic rings. The first-order valence-electron chi connectivity index (χ1n) is 6.87. The van der Waals surface area contributed by atoms with Crippen LogP contribution in [0, 0.1) is 0 Å². The van der Waals surface area contributed by atoms with Gasteiger partial charge < -0.3 is 19.8 Å². The molecule has 21 heavy (non-hydrogen) atoms. The molecule has 1 heterocycles. The molecule has 116 valence electrons. The zero-order chi connectivity index (χ0) is 15.6. The average molecular weight is 302 g/mol. The lowest BCUT2D eigenvalue weighted by molar-refractivity contribution is -0.137. The van der Waals surface area contributed by atoms with Gasteiger partial charge in [0.25, 0.3) is 0 Å². The fourth-order valence-electron chi connectivity index (χ4n) is 2.53. The number of anilines is 1. The Kier molecular flexibility index (Phi) is 4.80. The van der Waals surface area contributed by atoms with Gasteiger partial charge in [-0.1, -0.05) is 6.92 Å². The van der Waals surface area contributed by atoms with Gasteiger partial charge in [-0.2, -0.15) is 13.2 Å². The first kappa shape index (κ1) is 16.1. The van der Waals surface area contributed by atoms with Crippen LogP contribution in [0.5, 0.6) is 0 Å². The molecule has 1 aliphatic rings. The topological polar surface area (TPSA) is 46.9 Å². The zero-order valence-corrected chi connectivity index (χ0v) is 11.8. The van der Waals surface area contributed by atoms with Crippen molar-refractivity contribution < 1.29 is 23.2 Å². The van der Waals surface area contributed by atoms with E-state index in [1.165, 1.54) is 6.07 Å². The number of piperazine rings is 1. The Balaban J connectivity index is 2.27. The SMILES string of the molecule is CCN1CCN(c2ccc(C(F)(F)F)cc2B(O)O)CC1. The summed E-state index contributed by atoms with van der Waals surface area (Å²) in [6, 6.07) is 3.11. The molecule has 2 rings (SSSR count). The number of hydrogen-bond acceptors (Lipinski definition) is 4. The van der Waals surface area contributed by atoms with Crippen molar-refractivity contribution in [2.75, 3.05) is 37.6 Å². The summed E-state index contributed by atoms with van der Waals surface area (Å²) in [5, 5.41) is 18.7. The van der Waals surface area contributed by atoms with Crippen LogP contribution in [-0.2, 0) is 6.18 Å². The second-order valence-electron chi connectivity index (χ2n) is 5.07. The lowest BCUT2D eigenvalue weighted by Gasteiger charge is -2.36. The quantitative estimate of drug-likeness (QED) is 0.800. The van der Waals surface area contributed by atoms with Gasteiger partial charge in [0.15, 0.2) is 0 Å². The summed E-state index contributed by atoms with van der Waals surface area (Å²) >= 11 is 0. The molecule has 0 spiro atoms. The van der Waals surface area contributed by atoms with E-state index >= 15 is 0 Å². The minimum absolute atomic E-state index is 0.102. The van der Waals surface area contributed by atoms with Gasteiger partial charge in [0, 0.05) is 37.3 Å². The summed E-state index contributed by atoms with van der Waals surface area (Å²) in [6.07, 6.45) is -4.50. The lowest BCUT2D eigenvalue weighted by Crippen LogP contribution is -2.49. The first-order valence-corrected chi connectivity index (χ1v) is 6.87. The summed E-state index contributed by atoms with van der Waals surface area (Å²) in [5.41, 5.74) is -0.523. The Morgan fingerprint density at radius 1 is 1.14 bits per heavy atom. The molecule has 4 nitrogen and oxygen atoms in total. The third-order valence-corrected chi connectivity index (χ3v) is 3.79. The van der Waals surface area contributed by atoms with E-state index < -0.39 is 18.9 Å². The second kappa shape index (κ2) is 6.25. The Morgan fingerprint density at radius 2 is 1.76 bits per heavy atom.